The fourth-order valence-electron chi connectivity index (χ4n) is 2.81. The largest absolute Gasteiger partial charge is 0.507 e. The highest BCUT2D eigenvalue weighted by molar-refractivity contribution is 8.26. The third-order valence-corrected chi connectivity index (χ3v) is 5.61. The zero-order valence-corrected chi connectivity index (χ0v) is 17.7. The van der Waals surface area contributed by atoms with Gasteiger partial charge >= 0.3 is 0 Å². The average Bonchev–Trinajstić information content (AvgIpc) is 2.72. The van der Waals surface area contributed by atoms with Crippen LogP contribution in [0.1, 0.15) is 65.2 Å². The Morgan fingerprint density at radius 2 is 1.60 bits per heavy atom. The highest BCUT2D eigenvalue weighted by atomic mass is 32.2. The molecule has 0 atom stereocenters. The van der Waals surface area contributed by atoms with Gasteiger partial charge in [-0.15, -0.1) is 0 Å². The maximum Gasteiger partial charge on any atom is 0.266 e. The number of likely N-dealkylation sites (N-methyl/N-ethyl adjacent to an activating group) is 1. The number of phenols is 1. The minimum Gasteiger partial charge on any atom is -0.507 e. The Morgan fingerprint density at radius 3 is 1.96 bits per heavy atom. The summed E-state index contributed by atoms with van der Waals surface area (Å²) in [5.74, 6) is 0.304. The third kappa shape index (κ3) is 4.09. The summed E-state index contributed by atoms with van der Waals surface area (Å²) in [5.41, 5.74) is 2.30. The lowest BCUT2D eigenvalue weighted by atomic mass is 9.78. The van der Waals surface area contributed by atoms with Crippen LogP contribution >= 0.6 is 24.0 Å². The number of benzene rings is 1. The normalized spacial score (nSPS) is 17.7. The minimum absolute atomic E-state index is 0.0415. The van der Waals surface area contributed by atoms with Crippen LogP contribution < -0.4 is 0 Å². The molecule has 1 amide bonds. The van der Waals surface area contributed by atoms with Gasteiger partial charge in [-0.2, -0.15) is 0 Å². The third-order valence-electron chi connectivity index (χ3n) is 4.24. The Bertz CT molecular complexity index is 717. The van der Waals surface area contributed by atoms with Gasteiger partial charge in [0.15, 0.2) is 0 Å². The number of aromatic hydroxyl groups is 1. The van der Waals surface area contributed by atoms with Crippen molar-refractivity contribution in [3.63, 3.8) is 0 Å². The standard InChI is InChI=1S/C20H27NO2S2/c1-8-21-17(23)15(25-18(21)24)11-12-9-13(19(2,3)4)16(22)14(10-12)20(5,6)7/h9-11,22H,8H2,1-7H3. The van der Waals surface area contributed by atoms with Crippen molar-refractivity contribution in [3.05, 3.63) is 33.7 Å². The molecule has 0 bridgehead atoms. The molecule has 3 nitrogen and oxygen atoms in total. The smallest absolute Gasteiger partial charge is 0.266 e. The molecule has 1 aliphatic rings. The number of hydrogen-bond donors (Lipinski definition) is 1. The molecular weight excluding hydrogens is 350 g/mol. The quantitative estimate of drug-likeness (QED) is 0.567. The van der Waals surface area contributed by atoms with E-state index in [2.05, 4.69) is 41.5 Å². The van der Waals surface area contributed by atoms with E-state index >= 15 is 0 Å². The Hall–Kier alpha value is -1.33. The molecule has 0 aliphatic carbocycles. The fraction of sp³-hybridized carbons (Fsp3) is 0.500. The van der Waals surface area contributed by atoms with Crippen molar-refractivity contribution in [2.24, 2.45) is 0 Å². The molecule has 2 rings (SSSR count). The Kier molecular flexibility index (Phi) is 5.41. The van der Waals surface area contributed by atoms with E-state index in [1.54, 1.807) is 4.90 Å². The summed E-state index contributed by atoms with van der Waals surface area (Å²) < 4.78 is 0.601. The first-order valence-electron chi connectivity index (χ1n) is 8.49. The van der Waals surface area contributed by atoms with Gasteiger partial charge in [0.2, 0.25) is 0 Å². The molecule has 5 heteroatoms. The first-order valence-corrected chi connectivity index (χ1v) is 9.72. The van der Waals surface area contributed by atoms with Crippen LogP contribution in [0, 0.1) is 0 Å². The second-order valence-corrected chi connectivity index (χ2v) is 10.1. The highest BCUT2D eigenvalue weighted by Crippen LogP contribution is 2.41. The van der Waals surface area contributed by atoms with Gasteiger partial charge in [0, 0.05) is 17.7 Å². The number of thioether (sulfide) groups is 1. The number of rotatable bonds is 2. The van der Waals surface area contributed by atoms with Crippen LogP contribution in [0.3, 0.4) is 0 Å². The van der Waals surface area contributed by atoms with Crippen molar-refractivity contribution >= 4 is 40.3 Å². The lowest BCUT2D eigenvalue weighted by molar-refractivity contribution is -0.121. The first kappa shape index (κ1) is 20.0. The van der Waals surface area contributed by atoms with Gasteiger partial charge in [0.05, 0.1) is 4.91 Å². The predicted octanol–water partition coefficient (Wildman–Crippen LogP) is 5.21. The van der Waals surface area contributed by atoms with E-state index < -0.39 is 0 Å². The zero-order valence-electron chi connectivity index (χ0n) is 16.1. The van der Waals surface area contributed by atoms with Crippen molar-refractivity contribution in [1.82, 2.24) is 4.90 Å². The van der Waals surface area contributed by atoms with Gasteiger partial charge in [-0.05, 0) is 41.5 Å². The molecule has 1 aliphatic heterocycles. The lowest BCUT2D eigenvalue weighted by Crippen LogP contribution is -2.27. The maximum absolute atomic E-state index is 12.5. The number of carbonyl (C=O) groups excluding carboxylic acids is 1. The minimum atomic E-state index is -0.198. The summed E-state index contributed by atoms with van der Waals surface area (Å²) in [7, 11) is 0. The van der Waals surface area contributed by atoms with Crippen LogP contribution in [0.4, 0.5) is 0 Å². The SMILES string of the molecule is CCN1C(=O)C(=Cc2cc(C(C)(C)C)c(O)c(C(C)(C)C)c2)SC1=S. The molecule has 1 aromatic carbocycles. The van der Waals surface area contributed by atoms with Crippen LogP contribution in [0.15, 0.2) is 17.0 Å². The number of thiocarbonyl (C=S) groups is 1. The van der Waals surface area contributed by atoms with Gasteiger partial charge in [-0.1, -0.05) is 65.5 Å². The molecule has 25 heavy (non-hydrogen) atoms. The van der Waals surface area contributed by atoms with Crippen molar-refractivity contribution in [2.45, 2.75) is 59.3 Å². The van der Waals surface area contributed by atoms with E-state index in [9.17, 15) is 9.90 Å². The molecule has 0 radical (unpaired) electrons. The van der Waals surface area contributed by atoms with Crippen LogP contribution in [0.25, 0.3) is 6.08 Å². The van der Waals surface area contributed by atoms with Crippen LogP contribution in [-0.2, 0) is 15.6 Å². The summed E-state index contributed by atoms with van der Waals surface area (Å²) in [6, 6.07) is 3.95. The van der Waals surface area contributed by atoms with Crippen LogP contribution in [0.5, 0.6) is 5.75 Å². The summed E-state index contributed by atoms with van der Waals surface area (Å²) in [5, 5.41) is 10.8. The second-order valence-electron chi connectivity index (χ2n) is 8.39. The number of hydrogen-bond acceptors (Lipinski definition) is 4. The van der Waals surface area contributed by atoms with E-state index in [1.165, 1.54) is 11.8 Å². The second kappa shape index (κ2) is 6.76. The summed E-state index contributed by atoms with van der Waals surface area (Å²) >= 11 is 6.63. The first-order chi connectivity index (χ1) is 11.4. The van der Waals surface area contributed by atoms with Crippen molar-refractivity contribution in [2.75, 3.05) is 6.54 Å². The molecule has 0 unspecified atom stereocenters. The molecule has 0 aromatic heterocycles. The number of phenolic OH excluding ortho intramolecular Hbond substituents is 1. The monoisotopic (exact) mass is 377 g/mol. The number of carbonyl (C=O) groups is 1. The topological polar surface area (TPSA) is 40.5 Å². The number of nitrogens with zero attached hydrogens (tertiary/aromatic N) is 1. The van der Waals surface area contributed by atoms with E-state index in [1.807, 2.05) is 25.1 Å². The lowest BCUT2D eigenvalue weighted by Gasteiger charge is -2.28. The van der Waals surface area contributed by atoms with Crippen molar-refractivity contribution in [1.29, 1.82) is 0 Å². The van der Waals surface area contributed by atoms with Gasteiger partial charge in [-0.25, -0.2) is 0 Å². The average molecular weight is 378 g/mol. The molecule has 1 fully saturated rings. The van der Waals surface area contributed by atoms with Gasteiger partial charge in [-0.3, -0.25) is 9.69 Å². The molecule has 136 valence electrons. The Morgan fingerprint density at radius 1 is 1.12 bits per heavy atom. The van der Waals surface area contributed by atoms with E-state index in [4.69, 9.17) is 12.2 Å². The van der Waals surface area contributed by atoms with Crippen LogP contribution in [0.2, 0.25) is 0 Å². The van der Waals surface area contributed by atoms with E-state index in [-0.39, 0.29) is 16.7 Å². The molecule has 0 saturated carbocycles. The maximum atomic E-state index is 12.5. The zero-order chi connectivity index (χ0) is 19.2. The van der Waals surface area contributed by atoms with E-state index in [0.29, 0.717) is 21.5 Å². The fourth-order valence-corrected chi connectivity index (χ4v) is 4.19. The van der Waals surface area contributed by atoms with Gasteiger partial charge < -0.3 is 5.11 Å². The number of amides is 1. The van der Waals surface area contributed by atoms with Gasteiger partial charge in [0.1, 0.15) is 10.1 Å². The van der Waals surface area contributed by atoms with Crippen molar-refractivity contribution in [3.8, 4) is 5.75 Å². The summed E-state index contributed by atoms with van der Waals surface area (Å²) in [6.07, 6.45) is 1.89. The Labute approximate surface area is 160 Å². The summed E-state index contributed by atoms with van der Waals surface area (Å²) in [6.45, 7) is 15.0. The van der Waals surface area contributed by atoms with Crippen LogP contribution in [-0.4, -0.2) is 26.8 Å². The predicted molar refractivity (Wildman–Crippen MR) is 111 cm³/mol. The van der Waals surface area contributed by atoms with Gasteiger partial charge in [0.25, 0.3) is 5.91 Å². The molecule has 1 aromatic rings. The summed E-state index contributed by atoms with van der Waals surface area (Å²) in [4.78, 5) is 14.7. The molecule has 1 N–H and O–H groups in total. The van der Waals surface area contributed by atoms with Crippen molar-refractivity contribution < 1.29 is 9.90 Å². The molecular formula is C20H27NO2S2. The molecule has 0 spiro atoms. The highest BCUT2D eigenvalue weighted by Gasteiger charge is 2.31. The molecule has 1 heterocycles. The Balaban J connectivity index is 2.62. The molecule has 1 saturated heterocycles. The van der Waals surface area contributed by atoms with E-state index in [0.717, 1.165) is 16.7 Å².